The van der Waals surface area contributed by atoms with Crippen LogP contribution in [0.3, 0.4) is 0 Å². The van der Waals surface area contributed by atoms with E-state index in [2.05, 4.69) is 4.90 Å². The first-order chi connectivity index (χ1) is 9.93. The second-order valence-electron chi connectivity index (χ2n) is 5.87. The highest BCUT2D eigenvalue weighted by molar-refractivity contribution is 6.31. The molecule has 1 fully saturated rings. The van der Waals surface area contributed by atoms with Crippen LogP contribution >= 0.6 is 11.6 Å². The molecule has 1 aliphatic rings. The second kappa shape index (κ2) is 6.75. The summed E-state index contributed by atoms with van der Waals surface area (Å²) in [6.45, 7) is 3.58. The highest BCUT2D eigenvalue weighted by atomic mass is 35.5. The topological polar surface area (TPSA) is 40.5 Å². The fourth-order valence-corrected chi connectivity index (χ4v) is 3.53. The Kier molecular flexibility index (Phi) is 5.22. The minimum absolute atomic E-state index is 0.0433. The highest BCUT2D eigenvalue weighted by Crippen LogP contribution is 2.38. The van der Waals surface area contributed by atoms with Gasteiger partial charge in [-0.3, -0.25) is 9.69 Å². The van der Waals surface area contributed by atoms with Crippen molar-refractivity contribution in [2.45, 2.75) is 44.6 Å². The van der Waals surface area contributed by atoms with Crippen LogP contribution in [0.2, 0.25) is 5.02 Å². The average molecular weight is 314 g/mol. The Morgan fingerprint density at radius 1 is 1.33 bits per heavy atom. The van der Waals surface area contributed by atoms with Crippen molar-refractivity contribution < 1.29 is 14.3 Å². The van der Waals surface area contributed by atoms with Crippen molar-refractivity contribution in [3.63, 3.8) is 0 Å². The Hall–Kier alpha value is -1.13. The van der Waals surface area contributed by atoms with Crippen molar-refractivity contribution in [2.75, 3.05) is 13.1 Å². The van der Waals surface area contributed by atoms with E-state index in [1.807, 2.05) is 6.92 Å². The van der Waals surface area contributed by atoms with Crippen LogP contribution in [0.1, 0.15) is 44.6 Å². The molecular weight excluding hydrogens is 293 g/mol. The molecular formula is C16H21ClFNO2. The first-order valence-corrected chi connectivity index (χ1v) is 7.73. The molecule has 1 aromatic rings. The Morgan fingerprint density at radius 2 is 1.95 bits per heavy atom. The first kappa shape index (κ1) is 16.2. The van der Waals surface area contributed by atoms with Crippen LogP contribution < -0.4 is 0 Å². The minimum Gasteiger partial charge on any atom is -0.481 e. The van der Waals surface area contributed by atoms with Crippen LogP contribution in [-0.4, -0.2) is 29.1 Å². The van der Waals surface area contributed by atoms with Gasteiger partial charge in [-0.1, -0.05) is 30.5 Å². The van der Waals surface area contributed by atoms with Crippen LogP contribution in [0.4, 0.5) is 4.39 Å². The third kappa shape index (κ3) is 3.74. The number of rotatable bonds is 4. The molecule has 1 atom stereocenters. The third-order valence-corrected chi connectivity index (χ3v) is 4.62. The molecule has 0 radical (unpaired) electrons. The zero-order valence-corrected chi connectivity index (χ0v) is 13.0. The van der Waals surface area contributed by atoms with Gasteiger partial charge in [0.1, 0.15) is 5.82 Å². The summed E-state index contributed by atoms with van der Waals surface area (Å²) in [6, 6.07) is 4.22. The number of carbonyl (C=O) groups is 1. The first-order valence-electron chi connectivity index (χ1n) is 7.36. The Morgan fingerprint density at radius 3 is 2.48 bits per heavy atom. The van der Waals surface area contributed by atoms with E-state index >= 15 is 0 Å². The fraction of sp³-hybridized carbons (Fsp3) is 0.562. The maximum atomic E-state index is 13.3. The van der Waals surface area contributed by atoms with Gasteiger partial charge in [-0.05, 0) is 50.6 Å². The SMILES string of the molecule is CC(CC(=O)O)(c1ccc(F)cc1Cl)N1CCCCCC1. The zero-order chi connectivity index (χ0) is 15.5. The summed E-state index contributed by atoms with van der Waals surface area (Å²) in [6.07, 6.45) is 4.38. The molecule has 0 saturated carbocycles. The number of halogens is 2. The number of carboxylic acid groups (broad SMARTS) is 1. The monoisotopic (exact) mass is 313 g/mol. The molecule has 1 heterocycles. The molecule has 0 aromatic heterocycles. The molecule has 21 heavy (non-hydrogen) atoms. The van der Waals surface area contributed by atoms with Gasteiger partial charge in [0.25, 0.3) is 0 Å². The van der Waals surface area contributed by atoms with E-state index in [0.717, 1.165) is 38.8 Å². The van der Waals surface area contributed by atoms with E-state index in [1.165, 1.54) is 12.1 Å². The summed E-state index contributed by atoms with van der Waals surface area (Å²) < 4.78 is 13.3. The van der Waals surface area contributed by atoms with Gasteiger partial charge in [0.2, 0.25) is 0 Å². The Bertz CT molecular complexity index is 515. The van der Waals surface area contributed by atoms with Gasteiger partial charge in [-0.15, -0.1) is 0 Å². The number of hydrogen-bond acceptors (Lipinski definition) is 2. The van der Waals surface area contributed by atoms with Crippen LogP contribution in [0.25, 0.3) is 0 Å². The quantitative estimate of drug-likeness (QED) is 0.912. The molecule has 1 aliphatic heterocycles. The lowest BCUT2D eigenvalue weighted by Crippen LogP contribution is -2.46. The second-order valence-corrected chi connectivity index (χ2v) is 6.28. The van der Waals surface area contributed by atoms with Crippen molar-refractivity contribution >= 4 is 17.6 Å². The molecule has 0 bridgehead atoms. The normalized spacial score (nSPS) is 19.8. The van der Waals surface area contributed by atoms with Crippen molar-refractivity contribution in [3.8, 4) is 0 Å². The molecule has 0 amide bonds. The summed E-state index contributed by atoms with van der Waals surface area (Å²) in [5.74, 6) is -1.28. The summed E-state index contributed by atoms with van der Waals surface area (Å²) in [7, 11) is 0. The predicted molar refractivity (Wildman–Crippen MR) is 81.1 cm³/mol. The number of hydrogen-bond donors (Lipinski definition) is 1. The molecule has 0 spiro atoms. The van der Waals surface area contributed by atoms with E-state index in [0.29, 0.717) is 10.6 Å². The van der Waals surface area contributed by atoms with Crippen molar-refractivity contribution in [2.24, 2.45) is 0 Å². The molecule has 116 valence electrons. The van der Waals surface area contributed by atoms with Gasteiger partial charge in [-0.2, -0.15) is 0 Å². The minimum atomic E-state index is -0.873. The molecule has 5 heteroatoms. The molecule has 1 aromatic carbocycles. The number of nitrogens with zero attached hydrogens (tertiary/aromatic N) is 1. The number of aliphatic carboxylic acids is 1. The molecule has 1 N–H and O–H groups in total. The maximum Gasteiger partial charge on any atom is 0.305 e. The number of carboxylic acids is 1. The molecule has 1 saturated heterocycles. The molecule has 2 rings (SSSR count). The number of likely N-dealkylation sites (tertiary alicyclic amines) is 1. The third-order valence-electron chi connectivity index (χ3n) is 4.31. The van der Waals surface area contributed by atoms with Crippen molar-refractivity contribution in [3.05, 3.63) is 34.6 Å². The maximum absolute atomic E-state index is 13.3. The van der Waals surface area contributed by atoms with Gasteiger partial charge in [0.05, 0.1) is 12.0 Å². The lowest BCUT2D eigenvalue weighted by molar-refractivity contribution is -0.140. The van der Waals surface area contributed by atoms with Crippen LogP contribution in [0.5, 0.6) is 0 Å². The average Bonchev–Trinajstić information content (AvgIpc) is 2.66. The van der Waals surface area contributed by atoms with E-state index in [4.69, 9.17) is 11.6 Å². The summed E-state index contributed by atoms with van der Waals surface area (Å²) >= 11 is 6.20. The largest absolute Gasteiger partial charge is 0.481 e. The fourth-order valence-electron chi connectivity index (χ4n) is 3.16. The van der Waals surface area contributed by atoms with Gasteiger partial charge in [0.15, 0.2) is 0 Å². The predicted octanol–water partition coefficient (Wildman–Crippen LogP) is 4.05. The van der Waals surface area contributed by atoms with Crippen LogP contribution in [0.15, 0.2) is 18.2 Å². The van der Waals surface area contributed by atoms with Gasteiger partial charge in [-0.25, -0.2) is 4.39 Å². The van der Waals surface area contributed by atoms with Gasteiger partial charge in [0, 0.05) is 5.02 Å². The lowest BCUT2D eigenvalue weighted by atomic mass is 9.86. The standard InChI is InChI=1S/C16H21ClFNO2/c1-16(11-15(20)21,19-8-4-2-3-5-9-19)13-7-6-12(18)10-14(13)17/h6-7,10H,2-5,8-9,11H2,1H3,(H,20,21). The van der Waals surface area contributed by atoms with Crippen molar-refractivity contribution in [1.29, 1.82) is 0 Å². The summed E-state index contributed by atoms with van der Waals surface area (Å²) in [5.41, 5.74) is -0.0177. The molecule has 1 unspecified atom stereocenters. The molecule has 0 aliphatic carbocycles. The van der Waals surface area contributed by atoms with E-state index < -0.39 is 17.3 Å². The van der Waals surface area contributed by atoms with Gasteiger partial charge >= 0.3 is 5.97 Å². The Labute approximate surface area is 129 Å². The molecule has 3 nitrogen and oxygen atoms in total. The zero-order valence-electron chi connectivity index (χ0n) is 12.2. The summed E-state index contributed by atoms with van der Waals surface area (Å²) in [5, 5.41) is 9.61. The summed E-state index contributed by atoms with van der Waals surface area (Å²) in [4.78, 5) is 13.5. The van der Waals surface area contributed by atoms with E-state index in [-0.39, 0.29) is 6.42 Å². The lowest BCUT2D eigenvalue weighted by Gasteiger charge is -2.41. The van der Waals surface area contributed by atoms with E-state index in [1.54, 1.807) is 6.07 Å². The van der Waals surface area contributed by atoms with Crippen molar-refractivity contribution in [1.82, 2.24) is 4.90 Å². The highest BCUT2D eigenvalue weighted by Gasteiger charge is 2.37. The number of benzene rings is 1. The van der Waals surface area contributed by atoms with Gasteiger partial charge < -0.3 is 5.11 Å². The smallest absolute Gasteiger partial charge is 0.305 e. The van der Waals surface area contributed by atoms with Crippen LogP contribution in [0, 0.1) is 5.82 Å². The van der Waals surface area contributed by atoms with Crippen LogP contribution in [-0.2, 0) is 10.3 Å². The Balaban J connectivity index is 2.41. The van der Waals surface area contributed by atoms with E-state index in [9.17, 15) is 14.3 Å².